The van der Waals surface area contributed by atoms with Crippen LogP contribution in [0.25, 0.3) is 0 Å². The number of hydrogen-bond donors (Lipinski definition) is 2. The molecule has 0 aromatic carbocycles. The molecule has 1 unspecified atom stereocenters. The van der Waals surface area contributed by atoms with Gasteiger partial charge in [0.1, 0.15) is 0 Å². The molecule has 3 aliphatic rings. The first kappa shape index (κ1) is 16.5. The van der Waals surface area contributed by atoms with Crippen LogP contribution in [0.3, 0.4) is 0 Å². The monoisotopic (exact) mass is 326 g/mol. The summed E-state index contributed by atoms with van der Waals surface area (Å²) in [6.45, 7) is 3.49. The van der Waals surface area contributed by atoms with E-state index in [0.29, 0.717) is 39.3 Å². The van der Waals surface area contributed by atoms with Gasteiger partial charge in [-0.1, -0.05) is 6.42 Å². The lowest BCUT2D eigenvalue weighted by molar-refractivity contribution is -0.149. The van der Waals surface area contributed by atoms with Crippen LogP contribution in [0, 0.1) is 11.3 Å². The number of amides is 2. The van der Waals surface area contributed by atoms with Gasteiger partial charge in [-0.3, -0.25) is 4.79 Å². The zero-order valence-electron chi connectivity index (χ0n) is 13.5. The molecular weight excluding hydrogens is 300 g/mol. The summed E-state index contributed by atoms with van der Waals surface area (Å²) in [6.07, 6.45) is 4.44. The molecule has 23 heavy (non-hydrogen) atoms. The Hall–Kier alpha value is -1.34. The van der Waals surface area contributed by atoms with Crippen LogP contribution in [0.1, 0.15) is 32.1 Å². The van der Waals surface area contributed by atoms with Crippen LogP contribution in [-0.4, -0.2) is 67.6 Å². The Labute approximate surface area is 136 Å². The Bertz CT molecular complexity index is 452. The summed E-state index contributed by atoms with van der Waals surface area (Å²) >= 11 is 0. The molecule has 7 nitrogen and oxygen atoms in total. The highest BCUT2D eigenvalue weighted by atomic mass is 16.5. The van der Waals surface area contributed by atoms with Crippen molar-refractivity contribution in [2.45, 2.75) is 38.2 Å². The highest BCUT2D eigenvalue weighted by molar-refractivity contribution is 5.80. The number of hydrogen-bond acceptors (Lipinski definition) is 4. The molecule has 130 valence electrons. The first-order valence-corrected chi connectivity index (χ1v) is 8.57. The van der Waals surface area contributed by atoms with E-state index < -0.39 is 11.4 Å². The van der Waals surface area contributed by atoms with Crippen molar-refractivity contribution >= 4 is 12.0 Å². The number of urea groups is 1. The summed E-state index contributed by atoms with van der Waals surface area (Å²) in [6, 6.07) is -0.149. The molecule has 0 radical (unpaired) electrons. The molecule has 3 atom stereocenters. The lowest BCUT2D eigenvalue weighted by Gasteiger charge is -2.23. The van der Waals surface area contributed by atoms with Crippen LogP contribution in [0.15, 0.2) is 0 Å². The zero-order valence-corrected chi connectivity index (χ0v) is 13.5. The highest BCUT2D eigenvalue weighted by Gasteiger charge is 2.55. The van der Waals surface area contributed by atoms with Gasteiger partial charge in [0, 0.05) is 32.8 Å². The number of carboxylic acid groups (broad SMARTS) is 1. The van der Waals surface area contributed by atoms with Crippen molar-refractivity contribution in [3.8, 4) is 0 Å². The van der Waals surface area contributed by atoms with Gasteiger partial charge in [-0.05, 0) is 31.6 Å². The first-order chi connectivity index (χ1) is 11.1. The predicted octanol–water partition coefficient (Wildman–Crippen LogP) is 1.08. The van der Waals surface area contributed by atoms with Crippen molar-refractivity contribution in [2.75, 3.05) is 39.5 Å². The first-order valence-electron chi connectivity index (χ1n) is 8.57. The summed E-state index contributed by atoms with van der Waals surface area (Å²) < 4.78 is 10.9. The van der Waals surface area contributed by atoms with E-state index in [-0.39, 0.29) is 18.1 Å². The van der Waals surface area contributed by atoms with E-state index in [9.17, 15) is 14.7 Å². The normalized spacial score (nSPS) is 33.0. The van der Waals surface area contributed by atoms with Crippen LogP contribution >= 0.6 is 0 Å². The number of aliphatic carboxylic acids is 1. The molecule has 3 fully saturated rings. The fourth-order valence-electron chi connectivity index (χ4n) is 4.07. The maximum atomic E-state index is 12.2. The number of rotatable bonds is 6. The van der Waals surface area contributed by atoms with Crippen LogP contribution in [0.2, 0.25) is 0 Å². The SMILES string of the molecule is O=C(NCCCOC1CCOC1)N1C[C@@H]2CCC[C@@]2(C(=O)O)C1. The van der Waals surface area contributed by atoms with Crippen LogP contribution in [-0.2, 0) is 14.3 Å². The van der Waals surface area contributed by atoms with E-state index in [1.165, 1.54) is 0 Å². The Kier molecular flexibility index (Phi) is 5.06. The quantitative estimate of drug-likeness (QED) is 0.713. The third kappa shape index (κ3) is 3.45. The number of carbonyl (C=O) groups excluding carboxylic acids is 1. The van der Waals surface area contributed by atoms with Gasteiger partial charge < -0.3 is 24.8 Å². The van der Waals surface area contributed by atoms with Gasteiger partial charge in [0.2, 0.25) is 0 Å². The molecule has 0 aromatic rings. The lowest BCUT2D eigenvalue weighted by atomic mass is 9.81. The molecule has 2 aliphatic heterocycles. The molecule has 2 N–H and O–H groups in total. The molecule has 0 spiro atoms. The molecule has 2 saturated heterocycles. The average Bonchev–Trinajstić information content (AvgIpc) is 3.21. The van der Waals surface area contributed by atoms with Crippen molar-refractivity contribution in [1.82, 2.24) is 10.2 Å². The smallest absolute Gasteiger partial charge is 0.317 e. The molecule has 3 rings (SSSR count). The number of nitrogens with one attached hydrogen (secondary N) is 1. The van der Waals surface area contributed by atoms with Crippen molar-refractivity contribution in [1.29, 1.82) is 0 Å². The van der Waals surface area contributed by atoms with E-state index in [4.69, 9.17) is 9.47 Å². The zero-order chi connectivity index (χ0) is 16.3. The summed E-state index contributed by atoms with van der Waals surface area (Å²) in [5.41, 5.74) is -0.705. The Morgan fingerprint density at radius 2 is 2.26 bits per heavy atom. The highest BCUT2D eigenvalue weighted by Crippen LogP contribution is 2.48. The molecule has 2 amide bonds. The Balaban J connectivity index is 1.37. The minimum atomic E-state index is -0.748. The second kappa shape index (κ2) is 7.05. The van der Waals surface area contributed by atoms with E-state index in [1.54, 1.807) is 4.90 Å². The minimum absolute atomic E-state index is 0.108. The topological polar surface area (TPSA) is 88.1 Å². The maximum Gasteiger partial charge on any atom is 0.317 e. The fourth-order valence-corrected chi connectivity index (χ4v) is 4.07. The number of fused-ring (bicyclic) bond motifs is 1. The molecule has 1 saturated carbocycles. The van der Waals surface area contributed by atoms with E-state index in [1.807, 2.05) is 0 Å². The van der Waals surface area contributed by atoms with Crippen molar-refractivity contribution in [3.63, 3.8) is 0 Å². The maximum absolute atomic E-state index is 12.2. The largest absolute Gasteiger partial charge is 0.481 e. The van der Waals surface area contributed by atoms with Gasteiger partial charge in [0.25, 0.3) is 0 Å². The molecule has 0 bridgehead atoms. The van der Waals surface area contributed by atoms with Crippen LogP contribution < -0.4 is 5.32 Å². The number of nitrogens with zero attached hydrogens (tertiary/aromatic N) is 1. The van der Waals surface area contributed by atoms with Gasteiger partial charge in [-0.15, -0.1) is 0 Å². The van der Waals surface area contributed by atoms with Gasteiger partial charge in [0.15, 0.2) is 0 Å². The Morgan fingerprint density at radius 1 is 1.39 bits per heavy atom. The molecule has 7 heteroatoms. The van der Waals surface area contributed by atoms with E-state index in [0.717, 1.165) is 32.3 Å². The van der Waals surface area contributed by atoms with Crippen LogP contribution in [0.5, 0.6) is 0 Å². The number of likely N-dealkylation sites (tertiary alicyclic amines) is 1. The third-order valence-electron chi connectivity index (χ3n) is 5.42. The number of carboxylic acids is 1. The van der Waals surface area contributed by atoms with Crippen molar-refractivity contribution in [2.24, 2.45) is 11.3 Å². The minimum Gasteiger partial charge on any atom is -0.481 e. The van der Waals surface area contributed by atoms with Gasteiger partial charge >= 0.3 is 12.0 Å². The van der Waals surface area contributed by atoms with Crippen molar-refractivity contribution in [3.05, 3.63) is 0 Å². The van der Waals surface area contributed by atoms with E-state index in [2.05, 4.69) is 5.32 Å². The number of carbonyl (C=O) groups is 2. The predicted molar refractivity (Wildman–Crippen MR) is 82.2 cm³/mol. The Morgan fingerprint density at radius 3 is 2.96 bits per heavy atom. The van der Waals surface area contributed by atoms with Gasteiger partial charge in [0.05, 0.1) is 18.1 Å². The second-order valence-electron chi connectivity index (χ2n) is 6.87. The third-order valence-corrected chi connectivity index (χ3v) is 5.42. The summed E-state index contributed by atoms with van der Waals surface area (Å²) in [7, 11) is 0. The fraction of sp³-hybridized carbons (Fsp3) is 0.875. The standard InChI is InChI=1S/C16H26N2O5/c19-14(20)16-5-1-3-12(16)9-18(11-16)15(21)17-6-2-7-23-13-4-8-22-10-13/h12-13H,1-11H2,(H,17,21)(H,19,20)/t12-,13?,16+/m0/s1. The van der Waals surface area contributed by atoms with Crippen molar-refractivity contribution < 1.29 is 24.2 Å². The van der Waals surface area contributed by atoms with E-state index >= 15 is 0 Å². The second-order valence-corrected chi connectivity index (χ2v) is 6.87. The van der Waals surface area contributed by atoms with Gasteiger partial charge in [-0.25, -0.2) is 4.79 Å². The summed E-state index contributed by atoms with van der Waals surface area (Å²) in [5.74, 6) is -0.640. The summed E-state index contributed by atoms with van der Waals surface area (Å²) in [4.78, 5) is 25.5. The summed E-state index contributed by atoms with van der Waals surface area (Å²) in [5, 5.41) is 12.4. The molecule has 1 aliphatic carbocycles. The molecular formula is C16H26N2O5. The average molecular weight is 326 g/mol. The number of ether oxygens (including phenoxy) is 2. The lowest BCUT2D eigenvalue weighted by Crippen LogP contribution is -2.42. The molecule has 2 heterocycles. The van der Waals surface area contributed by atoms with Gasteiger partial charge in [-0.2, -0.15) is 0 Å². The molecule has 0 aromatic heterocycles. The van der Waals surface area contributed by atoms with Crippen LogP contribution in [0.4, 0.5) is 4.79 Å².